The number of aromatic nitrogens is 1. The predicted octanol–water partition coefficient (Wildman–Crippen LogP) is 3.33. The van der Waals surface area contributed by atoms with Gasteiger partial charge in [-0.15, -0.1) is 0 Å². The number of carbonyl (C=O) groups excluding carboxylic acids is 1. The Labute approximate surface area is 170 Å². The molecule has 2 aromatic rings. The number of carbonyl (C=O) groups is 1. The van der Waals surface area contributed by atoms with Gasteiger partial charge in [0.15, 0.2) is 0 Å². The molecular formula is C22H27FN2O4. The molecule has 1 fully saturated rings. The first-order valence-electron chi connectivity index (χ1n) is 9.87. The second-order valence-electron chi connectivity index (χ2n) is 7.37. The van der Waals surface area contributed by atoms with Gasteiger partial charge >= 0.3 is 0 Å². The third-order valence-corrected chi connectivity index (χ3v) is 5.00. The van der Waals surface area contributed by atoms with Crippen LogP contribution in [0.25, 0.3) is 0 Å². The highest BCUT2D eigenvalue weighted by Gasteiger charge is 2.27. The standard InChI is InChI=1S/C22H27FN2O4/c1-15(13-16(2)27)17-3-5-18(6-4-17)29-19-8-10-25(14-19)20-7-9-24-22(21(20)23)28-12-11-26/h3-7,9,15,19,26H,8,10-14H2,1-2H3/t15-,19-/m1/s1. The van der Waals surface area contributed by atoms with Crippen LogP contribution in [0.4, 0.5) is 10.1 Å². The van der Waals surface area contributed by atoms with Gasteiger partial charge in [-0.1, -0.05) is 19.1 Å². The van der Waals surface area contributed by atoms with Crippen molar-refractivity contribution in [1.82, 2.24) is 4.98 Å². The molecule has 0 radical (unpaired) electrons. The van der Waals surface area contributed by atoms with Crippen molar-refractivity contribution in [1.29, 1.82) is 0 Å². The number of hydrogen-bond donors (Lipinski definition) is 1. The van der Waals surface area contributed by atoms with E-state index in [4.69, 9.17) is 14.6 Å². The average Bonchev–Trinajstić information content (AvgIpc) is 3.15. The zero-order valence-corrected chi connectivity index (χ0v) is 16.8. The Kier molecular flexibility index (Phi) is 7.04. The molecule has 29 heavy (non-hydrogen) atoms. The zero-order valence-electron chi connectivity index (χ0n) is 16.8. The minimum absolute atomic E-state index is 0.000137. The van der Waals surface area contributed by atoms with Crippen molar-refractivity contribution in [3.8, 4) is 11.6 Å². The Hall–Kier alpha value is -2.67. The predicted molar refractivity (Wildman–Crippen MR) is 108 cm³/mol. The van der Waals surface area contributed by atoms with Crippen molar-refractivity contribution in [2.45, 2.75) is 38.7 Å². The molecule has 1 aromatic carbocycles. The molecule has 0 aliphatic carbocycles. The van der Waals surface area contributed by atoms with E-state index in [1.54, 1.807) is 13.0 Å². The van der Waals surface area contributed by atoms with E-state index < -0.39 is 5.82 Å². The third kappa shape index (κ3) is 5.44. The second-order valence-corrected chi connectivity index (χ2v) is 7.37. The van der Waals surface area contributed by atoms with Crippen molar-refractivity contribution in [3.05, 3.63) is 47.9 Å². The molecule has 2 atom stereocenters. The van der Waals surface area contributed by atoms with E-state index in [1.165, 1.54) is 6.20 Å². The fraction of sp³-hybridized carbons (Fsp3) is 0.455. The van der Waals surface area contributed by atoms with E-state index in [1.807, 2.05) is 36.1 Å². The van der Waals surface area contributed by atoms with Crippen LogP contribution in [0.2, 0.25) is 0 Å². The lowest BCUT2D eigenvalue weighted by Gasteiger charge is -2.20. The van der Waals surface area contributed by atoms with E-state index in [2.05, 4.69) is 4.98 Å². The van der Waals surface area contributed by atoms with Gasteiger partial charge in [-0.25, -0.2) is 4.98 Å². The van der Waals surface area contributed by atoms with Crippen LogP contribution in [-0.2, 0) is 4.79 Å². The summed E-state index contributed by atoms with van der Waals surface area (Å²) >= 11 is 0. The molecule has 0 bridgehead atoms. The highest BCUT2D eigenvalue weighted by molar-refractivity contribution is 5.76. The number of benzene rings is 1. The van der Waals surface area contributed by atoms with Crippen LogP contribution in [-0.4, -0.2) is 48.3 Å². The minimum Gasteiger partial charge on any atom is -0.489 e. The van der Waals surface area contributed by atoms with Gasteiger partial charge in [-0.3, -0.25) is 0 Å². The van der Waals surface area contributed by atoms with E-state index >= 15 is 0 Å². The number of halogens is 1. The molecule has 3 rings (SSSR count). The Morgan fingerprint density at radius 1 is 1.34 bits per heavy atom. The third-order valence-electron chi connectivity index (χ3n) is 5.00. The SMILES string of the molecule is CC(=O)C[C@@H](C)c1ccc(O[C@@H]2CCN(c3ccnc(OCCO)c3F)C2)cc1. The van der Waals surface area contributed by atoms with Gasteiger partial charge in [0, 0.05) is 25.6 Å². The summed E-state index contributed by atoms with van der Waals surface area (Å²) in [5.74, 6) is 0.497. The number of nitrogens with zero attached hydrogens (tertiary/aromatic N) is 2. The molecule has 1 aliphatic rings. The molecule has 7 heteroatoms. The van der Waals surface area contributed by atoms with Gasteiger partial charge in [-0.2, -0.15) is 4.39 Å². The molecule has 2 heterocycles. The summed E-state index contributed by atoms with van der Waals surface area (Å²) in [6, 6.07) is 9.44. The summed E-state index contributed by atoms with van der Waals surface area (Å²) < 4.78 is 25.9. The lowest BCUT2D eigenvalue weighted by atomic mass is 9.96. The maximum absolute atomic E-state index is 14.6. The maximum atomic E-state index is 14.6. The number of rotatable bonds is 9. The molecule has 0 unspecified atom stereocenters. The maximum Gasteiger partial charge on any atom is 0.252 e. The van der Waals surface area contributed by atoms with Gasteiger partial charge in [0.2, 0.25) is 5.82 Å². The van der Waals surface area contributed by atoms with Crippen molar-refractivity contribution >= 4 is 11.5 Å². The molecule has 1 N–H and O–H groups in total. The Bertz CT molecular complexity index is 828. The Balaban J connectivity index is 1.60. The van der Waals surface area contributed by atoms with Crippen molar-refractivity contribution in [3.63, 3.8) is 0 Å². The first kappa shape index (κ1) is 21.0. The van der Waals surface area contributed by atoms with Crippen LogP contribution in [0.1, 0.15) is 38.2 Å². The number of pyridine rings is 1. The fourth-order valence-electron chi connectivity index (χ4n) is 3.56. The summed E-state index contributed by atoms with van der Waals surface area (Å²) in [7, 11) is 0. The van der Waals surface area contributed by atoms with E-state index in [0.29, 0.717) is 25.2 Å². The van der Waals surface area contributed by atoms with Crippen molar-refractivity contribution < 1.29 is 23.8 Å². The van der Waals surface area contributed by atoms with Crippen LogP contribution in [0.15, 0.2) is 36.5 Å². The van der Waals surface area contributed by atoms with Crippen LogP contribution in [0.5, 0.6) is 11.6 Å². The molecular weight excluding hydrogens is 375 g/mol. The smallest absolute Gasteiger partial charge is 0.252 e. The Morgan fingerprint density at radius 2 is 2.10 bits per heavy atom. The molecule has 0 saturated carbocycles. The van der Waals surface area contributed by atoms with E-state index in [9.17, 15) is 9.18 Å². The molecule has 1 saturated heterocycles. The molecule has 0 spiro atoms. The van der Waals surface area contributed by atoms with Crippen molar-refractivity contribution in [2.75, 3.05) is 31.2 Å². The number of Topliss-reactive ketones (excluding diaryl/α,β-unsaturated/α-hetero) is 1. The van der Waals surface area contributed by atoms with Crippen LogP contribution in [0, 0.1) is 5.82 Å². The highest BCUT2D eigenvalue weighted by atomic mass is 19.1. The molecule has 156 valence electrons. The van der Waals surface area contributed by atoms with Crippen molar-refractivity contribution in [2.24, 2.45) is 0 Å². The summed E-state index contributed by atoms with van der Waals surface area (Å²) in [4.78, 5) is 17.1. The van der Waals surface area contributed by atoms with E-state index in [-0.39, 0.29) is 36.9 Å². The summed E-state index contributed by atoms with van der Waals surface area (Å²) in [5.41, 5.74) is 1.53. The number of anilines is 1. The highest BCUT2D eigenvalue weighted by Crippen LogP contribution is 2.30. The number of hydrogen-bond acceptors (Lipinski definition) is 6. The fourth-order valence-corrected chi connectivity index (χ4v) is 3.56. The lowest BCUT2D eigenvalue weighted by molar-refractivity contribution is -0.117. The summed E-state index contributed by atoms with van der Waals surface area (Å²) in [5, 5.41) is 8.84. The summed E-state index contributed by atoms with van der Waals surface area (Å²) in [6.07, 6.45) is 2.75. The minimum atomic E-state index is -0.523. The van der Waals surface area contributed by atoms with Crippen LogP contribution >= 0.6 is 0 Å². The van der Waals surface area contributed by atoms with Gasteiger partial charge in [0.25, 0.3) is 5.88 Å². The number of aliphatic hydroxyl groups is 1. The lowest BCUT2D eigenvalue weighted by Crippen LogP contribution is -2.25. The largest absolute Gasteiger partial charge is 0.489 e. The molecule has 1 aliphatic heterocycles. The monoisotopic (exact) mass is 402 g/mol. The average molecular weight is 402 g/mol. The first-order chi connectivity index (χ1) is 14.0. The molecule has 1 aromatic heterocycles. The van der Waals surface area contributed by atoms with Crippen LogP contribution < -0.4 is 14.4 Å². The Morgan fingerprint density at radius 3 is 2.79 bits per heavy atom. The van der Waals surface area contributed by atoms with Gasteiger partial charge in [-0.05, 0) is 36.6 Å². The number of ether oxygens (including phenoxy) is 2. The number of ketones is 1. The molecule has 6 nitrogen and oxygen atoms in total. The zero-order chi connectivity index (χ0) is 20.8. The summed E-state index contributed by atoms with van der Waals surface area (Å²) in [6.45, 7) is 4.67. The molecule has 0 amide bonds. The number of aliphatic hydroxyl groups excluding tert-OH is 1. The second kappa shape index (κ2) is 9.69. The van der Waals surface area contributed by atoms with Gasteiger partial charge in [0.1, 0.15) is 24.2 Å². The van der Waals surface area contributed by atoms with Crippen LogP contribution in [0.3, 0.4) is 0 Å². The normalized spacial score (nSPS) is 17.2. The topological polar surface area (TPSA) is 71.9 Å². The first-order valence-corrected chi connectivity index (χ1v) is 9.87. The van der Waals surface area contributed by atoms with Gasteiger partial charge < -0.3 is 24.3 Å². The van der Waals surface area contributed by atoms with Gasteiger partial charge in [0.05, 0.1) is 18.8 Å². The quantitative estimate of drug-likeness (QED) is 0.694. The van der Waals surface area contributed by atoms with E-state index in [0.717, 1.165) is 17.7 Å².